The molecule has 2 aromatic carbocycles. The van der Waals surface area contributed by atoms with E-state index in [4.69, 9.17) is 9.47 Å². The maximum Gasteiger partial charge on any atom is 0.232 e. The van der Waals surface area contributed by atoms with E-state index in [-0.39, 0.29) is 0 Å². The van der Waals surface area contributed by atoms with Crippen molar-refractivity contribution in [1.29, 1.82) is 0 Å². The van der Waals surface area contributed by atoms with E-state index >= 15 is 0 Å². The fourth-order valence-electron chi connectivity index (χ4n) is 2.62. The Balaban J connectivity index is 1.78. The molecule has 0 amide bonds. The summed E-state index contributed by atoms with van der Waals surface area (Å²) in [4.78, 5) is 13.2. The van der Waals surface area contributed by atoms with Gasteiger partial charge in [-0.25, -0.2) is 0 Å². The normalized spacial score (nSPS) is 10.4. The zero-order valence-electron chi connectivity index (χ0n) is 15.9. The van der Waals surface area contributed by atoms with Gasteiger partial charge in [-0.3, -0.25) is 0 Å². The van der Waals surface area contributed by atoms with E-state index in [1.807, 2.05) is 31.2 Å². The van der Waals surface area contributed by atoms with Crippen LogP contribution in [0.3, 0.4) is 0 Å². The highest BCUT2D eigenvalue weighted by Crippen LogP contribution is 2.30. The van der Waals surface area contributed by atoms with E-state index in [0.29, 0.717) is 35.8 Å². The number of hydrogen-bond acceptors (Lipinski definition) is 7. The average molecular weight is 365 g/mol. The molecule has 140 valence electrons. The molecule has 0 unspecified atom stereocenters. The fourth-order valence-corrected chi connectivity index (χ4v) is 2.62. The third-order valence-electron chi connectivity index (χ3n) is 4.10. The van der Waals surface area contributed by atoms with Crippen molar-refractivity contribution in [3.8, 4) is 11.5 Å². The summed E-state index contributed by atoms with van der Waals surface area (Å²) >= 11 is 0. The van der Waals surface area contributed by atoms with E-state index in [0.717, 1.165) is 5.69 Å². The molecule has 7 nitrogen and oxygen atoms in total. The predicted molar refractivity (Wildman–Crippen MR) is 106 cm³/mol. The van der Waals surface area contributed by atoms with Crippen molar-refractivity contribution in [2.24, 2.45) is 0 Å². The molecule has 0 atom stereocenters. The third-order valence-corrected chi connectivity index (χ3v) is 4.10. The Hall–Kier alpha value is -3.35. The highest BCUT2D eigenvalue weighted by molar-refractivity contribution is 5.64. The molecule has 3 rings (SSSR count). The van der Waals surface area contributed by atoms with Crippen LogP contribution in [0.1, 0.15) is 17.0 Å². The molecular formula is C20H23N5O2. The molecule has 3 aromatic rings. The summed E-state index contributed by atoms with van der Waals surface area (Å²) in [5, 5.41) is 6.44. The standard InChI is InChI=1S/C20H23N5O2/c1-13-7-5-6-8-15(13)12-21-19-22-14(2)23-20(25-19)24-17-10-9-16(26-3)11-18(17)27-4/h5-11H,12H2,1-4H3,(H2,21,22,23,24,25). The second kappa shape index (κ2) is 8.35. The van der Waals surface area contributed by atoms with Crippen LogP contribution in [0.15, 0.2) is 42.5 Å². The Kier molecular flexibility index (Phi) is 5.71. The summed E-state index contributed by atoms with van der Waals surface area (Å²) in [7, 11) is 3.22. The van der Waals surface area contributed by atoms with Crippen LogP contribution in [0.25, 0.3) is 0 Å². The molecule has 2 N–H and O–H groups in total. The van der Waals surface area contributed by atoms with E-state index in [2.05, 4.69) is 44.6 Å². The minimum atomic E-state index is 0.443. The Bertz CT molecular complexity index is 930. The molecule has 0 aliphatic rings. The van der Waals surface area contributed by atoms with Crippen LogP contribution in [-0.2, 0) is 6.54 Å². The van der Waals surface area contributed by atoms with Crippen molar-refractivity contribution >= 4 is 17.6 Å². The Labute approximate surface area is 158 Å². The molecule has 27 heavy (non-hydrogen) atoms. The number of rotatable bonds is 7. The van der Waals surface area contributed by atoms with Gasteiger partial charge in [-0.2, -0.15) is 15.0 Å². The first kappa shape index (κ1) is 18.4. The Morgan fingerprint density at radius 2 is 1.67 bits per heavy atom. The third kappa shape index (κ3) is 4.63. The monoisotopic (exact) mass is 365 g/mol. The minimum Gasteiger partial charge on any atom is -0.497 e. The topological polar surface area (TPSA) is 81.2 Å². The van der Waals surface area contributed by atoms with Gasteiger partial charge in [0.15, 0.2) is 0 Å². The summed E-state index contributed by atoms with van der Waals surface area (Å²) in [6.07, 6.45) is 0. The number of ether oxygens (including phenoxy) is 2. The quantitative estimate of drug-likeness (QED) is 0.658. The number of hydrogen-bond donors (Lipinski definition) is 2. The molecule has 0 spiro atoms. The van der Waals surface area contributed by atoms with Gasteiger partial charge in [0.2, 0.25) is 11.9 Å². The van der Waals surface area contributed by atoms with Gasteiger partial charge in [0.1, 0.15) is 17.3 Å². The zero-order chi connectivity index (χ0) is 19.2. The minimum absolute atomic E-state index is 0.443. The molecule has 0 aliphatic heterocycles. The van der Waals surface area contributed by atoms with Crippen LogP contribution in [0.5, 0.6) is 11.5 Å². The number of nitrogens with zero attached hydrogens (tertiary/aromatic N) is 3. The van der Waals surface area contributed by atoms with Crippen LogP contribution in [0, 0.1) is 13.8 Å². The largest absolute Gasteiger partial charge is 0.497 e. The van der Waals surface area contributed by atoms with Crippen molar-refractivity contribution in [2.45, 2.75) is 20.4 Å². The molecule has 0 saturated heterocycles. The van der Waals surface area contributed by atoms with Gasteiger partial charge in [-0.05, 0) is 37.1 Å². The number of aromatic nitrogens is 3. The van der Waals surface area contributed by atoms with Crippen LogP contribution >= 0.6 is 0 Å². The maximum atomic E-state index is 5.41. The Morgan fingerprint density at radius 3 is 2.41 bits per heavy atom. The van der Waals surface area contributed by atoms with Crippen LogP contribution in [0.4, 0.5) is 17.6 Å². The lowest BCUT2D eigenvalue weighted by Crippen LogP contribution is -2.09. The predicted octanol–water partition coefficient (Wildman–Crippen LogP) is 3.86. The van der Waals surface area contributed by atoms with Gasteiger partial charge in [0.05, 0.1) is 19.9 Å². The number of benzene rings is 2. The summed E-state index contributed by atoms with van der Waals surface area (Å²) < 4.78 is 10.6. The summed E-state index contributed by atoms with van der Waals surface area (Å²) in [6, 6.07) is 13.7. The van der Waals surface area contributed by atoms with Gasteiger partial charge >= 0.3 is 0 Å². The summed E-state index contributed by atoms with van der Waals surface area (Å²) in [6.45, 7) is 4.55. The molecule has 7 heteroatoms. The van der Waals surface area contributed by atoms with Crippen molar-refractivity contribution in [3.05, 3.63) is 59.4 Å². The lowest BCUT2D eigenvalue weighted by Gasteiger charge is -2.13. The number of nitrogens with one attached hydrogen (secondary N) is 2. The summed E-state index contributed by atoms with van der Waals surface area (Å²) in [5.74, 6) is 2.93. The second-order valence-electron chi connectivity index (χ2n) is 6.00. The second-order valence-corrected chi connectivity index (χ2v) is 6.00. The van der Waals surface area contributed by atoms with Gasteiger partial charge in [0.25, 0.3) is 0 Å². The molecule has 1 heterocycles. The van der Waals surface area contributed by atoms with Crippen LogP contribution in [-0.4, -0.2) is 29.2 Å². The van der Waals surface area contributed by atoms with Crippen LogP contribution < -0.4 is 20.1 Å². The first-order valence-electron chi connectivity index (χ1n) is 8.59. The lowest BCUT2D eigenvalue weighted by molar-refractivity contribution is 0.395. The van der Waals surface area contributed by atoms with Gasteiger partial charge < -0.3 is 20.1 Å². The molecule has 0 bridgehead atoms. The molecule has 1 aromatic heterocycles. The van der Waals surface area contributed by atoms with E-state index in [9.17, 15) is 0 Å². The van der Waals surface area contributed by atoms with E-state index in [1.165, 1.54) is 11.1 Å². The molecule has 0 fully saturated rings. The van der Waals surface area contributed by atoms with Crippen molar-refractivity contribution in [1.82, 2.24) is 15.0 Å². The van der Waals surface area contributed by atoms with E-state index < -0.39 is 0 Å². The van der Waals surface area contributed by atoms with Crippen molar-refractivity contribution < 1.29 is 9.47 Å². The fraction of sp³-hybridized carbons (Fsp3) is 0.250. The number of methoxy groups -OCH3 is 2. The first-order chi connectivity index (χ1) is 13.1. The lowest BCUT2D eigenvalue weighted by atomic mass is 10.1. The molecule has 0 radical (unpaired) electrons. The molecular weight excluding hydrogens is 342 g/mol. The van der Waals surface area contributed by atoms with Crippen LogP contribution in [0.2, 0.25) is 0 Å². The zero-order valence-corrected chi connectivity index (χ0v) is 15.9. The smallest absolute Gasteiger partial charge is 0.232 e. The molecule has 0 aliphatic carbocycles. The average Bonchev–Trinajstić information content (AvgIpc) is 2.67. The van der Waals surface area contributed by atoms with Gasteiger partial charge in [0, 0.05) is 12.6 Å². The number of aryl methyl sites for hydroxylation is 2. The first-order valence-corrected chi connectivity index (χ1v) is 8.59. The van der Waals surface area contributed by atoms with Gasteiger partial charge in [-0.1, -0.05) is 24.3 Å². The SMILES string of the molecule is COc1ccc(Nc2nc(C)nc(NCc3ccccc3C)n2)c(OC)c1. The summed E-state index contributed by atoms with van der Waals surface area (Å²) in [5.41, 5.74) is 3.16. The van der Waals surface area contributed by atoms with Crippen molar-refractivity contribution in [2.75, 3.05) is 24.9 Å². The molecule has 0 saturated carbocycles. The number of anilines is 3. The Morgan fingerprint density at radius 1 is 0.889 bits per heavy atom. The van der Waals surface area contributed by atoms with E-state index in [1.54, 1.807) is 20.3 Å². The highest BCUT2D eigenvalue weighted by atomic mass is 16.5. The van der Waals surface area contributed by atoms with Gasteiger partial charge in [-0.15, -0.1) is 0 Å². The maximum absolute atomic E-state index is 5.41. The highest BCUT2D eigenvalue weighted by Gasteiger charge is 2.09. The van der Waals surface area contributed by atoms with Crippen molar-refractivity contribution in [3.63, 3.8) is 0 Å².